The van der Waals surface area contributed by atoms with E-state index in [4.69, 9.17) is 9.15 Å². The van der Waals surface area contributed by atoms with Crippen LogP contribution in [0.1, 0.15) is 34.7 Å². The fourth-order valence-electron chi connectivity index (χ4n) is 3.74. The van der Waals surface area contributed by atoms with Crippen molar-refractivity contribution in [3.05, 3.63) is 47.7 Å². The summed E-state index contributed by atoms with van der Waals surface area (Å²) in [5, 5.41) is 0. The summed E-state index contributed by atoms with van der Waals surface area (Å²) in [5.41, 5.74) is 1.75. The molecule has 6 nitrogen and oxygen atoms in total. The van der Waals surface area contributed by atoms with Crippen LogP contribution in [0.5, 0.6) is 5.75 Å². The highest BCUT2D eigenvalue weighted by Crippen LogP contribution is 2.19. The highest BCUT2D eigenvalue weighted by molar-refractivity contribution is 5.92. The molecule has 3 rings (SSSR count). The smallest absolute Gasteiger partial charge is 0.275 e. The van der Waals surface area contributed by atoms with Crippen molar-refractivity contribution in [2.24, 2.45) is 5.92 Å². The number of aryl methyl sites for hydroxylation is 1. The van der Waals surface area contributed by atoms with Gasteiger partial charge in [0.05, 0.1) is 7.11 Å². The number of methoxy groups -OCH3 is 1. The number of hydrogen-bond acceptors (Lipinski definition) is 5. The van der Waals surface area contributed by atoms with Crippen LogP contribution in [0.15, 0.2) is 35.1 Å². The van der Waals surface area contributed by atoms with Gasteiger partial charge in [-0.25, -0.2) is 4.98 Å². The zero-order chi connectivity index (χ0) is 19.2. The van der Waals surface area contributed by atoms with Crippen LogP contribution >= 0.6 is 0 Å². The summed E-state index contributed by atoms with van der Waals surface area (Å²) in [6, 6.07) is 8.29. The summed E-state index contributed by atoms with van der Waals surface area (Å²) in [6.07, 6.45) is 4.70. The van der Waals surface area contributed by atoms with Gasteiger partial charge in [-0.05, 0) is 56.3 Å². The van der Waals surface area contributed by atoms with Crippen LogP contribution in [0.4, 0.5) is 0 Å². The van der Waals surface area contributed by atoms with E-state index in [1.165, 1.54) is 18.4 Å². The number of piperidine rings is 1. The second-order valence-electron chi connectivity index (χ2n) is 7.35. The molecule has 0 spiro atoms. The lowest BCUT2D eigenvalue weighted by Crippen LogP contribution is -2.42. The second kappa shape index (κ2) is 9.04. The van der Waals surface area contributed by atoms with E-state index in [0.717, 1.165) is 44.8 Å². The van der Waals surface area contributed by atoms with Crippen LogP contribution in [-0.2, 0) is 6.42 Å². The molecule has 0 N–H and O–H groups in total. The topological polar surface area (TPSA) is 58.8 Å². The number of hydrogen-bond donors (Lipinski definition) is 0. The first-order valence-corrected chi connectivity index (χ1v) is 9.57. The SMILES string of the molecule is COc1ccc(CCN2CCCC(CN(C)C(=O)c3ncoc3C)C2)cc1. The Balaban J connectivity index is 1.48. The maximum absolute atomic E-state index is 12.5. The van der Waals surface area contributed by atoms with Crippen LogP contribution in [0.3, 0.4) is 0 Å². The van der Waals surface area contributed by atoms with Crippen molar-refractivity contribution < 1.29 is 13.9 Å². The molecule has 1 aromatic carbocycles. The number of rotatable bonds is 7. The van der Waals surface area contributed by atoms with E-state index < -0.39 is 0 Å². The zero-order valence-corrected chi connectivity index (χ0v) is 16.5. The average molecular weight is 371 g/mol. The number of carbonyl (C=O) groups is 1. The third kappa shape index (κ3) is 5.10. The molecular weight excluding hydrogens is 342 g/mol. The summed E-state index contributed by atoms with van der Waals surface area (Å²) in [5.74, 6) is 1.91. The lowest BCUT2D eigenvalue weighted by molar-refractivity contribution is 0.0723. The first-order chi connectivity index (χ1) is 13.1. The molecule has 2 aromatic rings. The van der Waals surface area contributed by atoms with Gasteiger partial charge in [0.15, 0.2) is 12.1 Å². The van der Waals surface area contributed by atoms with Crippen molar-refractivity contribution in [1.82, 2.24) is 14.8 Å². The van der Waals surface area contributed by atoms with E-state index in [0.29, 0.717) is 17.4 Å². The fraction of sp³-hybridized carbons (Fsp3) is 0.524. The predicted molar refractivity (Wildman–Crippen MR) is 104 cm³/mol. The second-order valence-corrected chi connectivity index (χ2v) is 7.35. The van der Waals surface area contributed by atoms with Crippen LogP contribution in [0.2, 0.25) is 0 Å². The zero-order valence-electron chi connectivity index (χ0n) is 16.5. The predicted octanol–water partition coefficient (Wildman–Crippen LogP) is 3.02. The van der Waals surface area contributed by atoms with E-state index in [1.54, 1.807) is 18.9 Å². The maximum Gasteiger partial charge on any atom is 0.275 e. The molecule has 27 heavy (non-hydrogen) atoms. The number of oxazole rings is 1. The third-order valence-electron chi connectivity index (χ3n) is 5.30. The summed E-state index contributed by atoms with van der Waals surface area (Å²) in [4.78, 5) is 20.9. The quantitative estimate of drug-likeness (QED) is 0.749. The third-order valence-corrected chi connectivity index (χ3v) is 5.30. The number of aromatic nitrogens is 1. The van der Waals surface area contributed by atoms with Gasteiger partial charge in [0.1, 0.15) is 11.5 Å². The number of benzene rings is 1. The van der Waals surface area contributed by atoms with Gasteiger partial charge in [0.2, 0.25) is 0 Å². The van der Waals surface area contributed by atoms with Crippen molar-refractivity contribution in [2.75, 3.05) is 40.3 Å². The minimum atomic E-state index is -0.0587. The number of ether oxygens (including phenoxy) is 1. The van der Waals surface area contributed by atoms with Gasteiger partial charge >= 0.3 is 0 Å². The summed E-state index contributed by atoms with van der Waals surface area (Å²) < 4.78 is 10.4. The van der Waals surface area contributed by atoms with Crippen molar-refractivity contribution in [3.63, 3.8) is 0 Å². The summed E-state index contributed by atoms with van der Waals surface area (Å²) in [7, 11) is 3.54. The molecule has 1 aromatic heterocycles. The Morgan fingerprint density at radius 3 is 2.81 bits per heavy atom. The average Bonchev–Trinajstić information content (AvgIpc) is 3.12. The molecule has 1 aliphatic rings. The largest absolute Gasteiger partial charge is 0.497 e. The van der Waals surface area contributed by atoms with Gasteiger partial charge in [0.25, 0.3) is 5.91 Å². The highest BCUT2D eigenvalue weighted by atomic mass is 16.5. The van der Waals surface area contributed by atoms with Crippen molar-refractivity contribution in [2.45, 2.75) is 26.2 Å². The molecule has 0 saturated carbocycles. The monoisotopic (exact) mass is 371 g/mol. The lowest BCUT2D eigenvalue weighted by atomic mass is 9.97. The molecule has 1 amide bonds. The first-order valence-electron chi connectivity index (χ1n) is 9.57. The van der Waals surface area contributed by atoms with E-state index in [-0.39, 0.29) is 5.91 Å². The minimum Gasteiger partial charge on any atom is -0.497 e. The minimum absolute atomic E-state index is 0.0587. The summed E-state index contributed by atoms with van der Waals surface area (Å²) >= 11 is 0. The molecular formula is C21H29N3O3. The van der Waals surface area contributed by atoms with Gasteiger partial charge in [-0.1, -0.05) is 12.1 Å². The Bertz CT molecular complexity index is 741. The lowest BCUT2D eigenvalue weighted by Gasteiger charge is -2.34. The number of carbonyl (C=O) groups excluding carboxylic acids is 1. The standard InChI is InChI=1S/C21H29N3O3/c1-16-20(22-15-27-16)21(25)23(2)13-18-5-4-11-24(14-18)12-10-17-6-8-19(26-3)9-7-17/h6-9,15,18H,4-5,10-14H2,1-3H3. The van der Waals surface area contributed by atoms with Crippen LogP contribution < -0.4 is 4.74 Å². The Kier molecular flexibility index (Phi) is 6.50. The number of nitrogens with zero attached hydrogens (tertiary/aromatic N) is 3. The van der Waals surface area contributed by atoms with E-state index in [2.05, 4.69) is 22.0 Å². The number of amides is 1. The molecule has 1 aliphatic heterocycles. The van der Waals surface area contributed by atoms with Gasteiger partial charge in [-0.15, -0.1) is 0 Å². The Morgan fingerprint density at radius 2 is 2.15 bits per heavy atom. The maximum atomic E-state index is 12.5. The van der Waals surface area contributed by atoms with Gasteiger partial charge in [0, 0.05) is 26.7 Å². The highest BCUT2D eigenvalue weighted by Gasteiger charge is 2.24. The number of likely N-dealkylation sites (tertiary alicyclic amines) is 1. The van der Waals surface area contributed by atoms with Crippen molar-refractivity contribution in [3.8, 4) is 5.75 Å². The van der Waals surface area contributed by atoms with Crippen molar-refractivity contribution in [1.29, 1.82) is 0 Å². The van der Waals surface area contributed by atoms with Gasteiger partial charge in [-0.3, -0.25) is 4.79 Å². The van der Waals surface area contributed by atoms with Crippen LogP contribution in [0, 0.1) is 12.8 Å². The van der Waals surface area contributed by atoms with Crippen molar-refractivity contribution >= 4 is 5.91 Å². The summed E-state index contributed by atoms with van der Waals surface area (Å²) in [6.45, 7) is 5.74. The molecule has 0 aliphatic carbocycles. The van der Waals surface area contributed by atoms with Gasteiger partial charge < -0.3 is 19.0 Å². The molecule has 146 valence electrons. The Hall–Kier alpha value is -2.34. The first kappa shape index (κ1) is 19.4. The van der Waals surface area contributed by atoms with Gasteiger partial charge in [-0.2, -0.15) is 0 Å². The Morgan fingerprint density at radius 1 is 1.37 bits per heavy atom. The molecule has 1 unspecified atom stereocenters. The molecule has 0 radical (unpaired) electrons. The van der Waals surface area contributed by atoms with E-state index in [9.17, 15) is 4.79 Å². The normalized spacial score (nSPS) is 17.7. The van der Waals surface area contributed by atoms with E-state index >= 15 is 0 Å². The Labute approximate surface area is 161 Å². The van der Waals surface area contributed by atoms with E-state index in [1.807, 2.05) is 19.2 Å². The molecule has 0 bridgehead atoms. The molecule has 2 heterocycles. The van der Waals surface area contributed by atoms with Crippen LogP contribution in [-0.4, -0.2) is 61.0 Å². The molecule has 1 atom stereocenters. The van der Waals surface area contributed by atoms with Crippen LogP contribution in [0.25, 0.3) is 0 Å². The fourth-order valence-corrected chi connectivity index (χ4v) is 3.74. The molecule has 6 heteroatoms. The molecule has 1 fully saturated rings. The molecule has 1 saturated heterocycles.